The Balaban J connectivity index is 1.86. The summed E-state index contributed by atoms with van der Waals surface area (Å²) in [5.41, 5.74) is 3.68. The van der Waals surface area contributed by atoms with Crippen LogP contribution in [0.2, 0.25) is 0 Å². The number of hydrogen-bond acceptors (Lipinski definition) is 2. The minimum atomic E-state index is -0.715. The van der Waals surface area contributed by atoms with Crippen LogP contribution in [0.1, 0.15) is 22.8 Å². The smallest absolute Gasteiger partial charge is 0.319 e. The van der Waals surface area contributed by atoms with Crippen LogP contribution < -0.4 is 10.6 Å². The second-order valence-corrected chi connectivity index (χ2v) is 5.08. The third-order valence-corrected chi connectivity index (χ3v) is 3.31. The summed E-state index contributed by atoms with van der Waals surface area (Å²) < 4.78 is 0. The van der Waals surface area contributed by atoms with Crippen molar-refractivity contribution in [1.29, 1.82) is 0 Å². The molecule has 2 rings (SSSR count). The Labute approximate surface area is 124 Å². The van der Waals surface area contributed by atoms with E-state index in [0.29, 0.717) is 0 Å². The van der Waals surface area contributed by atoms with Gasteiger partial charge in [-0.2, -0.15) is 0 Å². The maximum absolute atomic E-state index is 11.8. The van der Waals surface area contributed by atoms with Gasteiger partial charge in [-0.05, 0) is 31.0 Å². The molecule has 0 unspecified atom stereocenters. The van der Waals surface area contributed by atoms with Crippen molar-refractivity contribution < 1.29 is 9.90 Å². The van der Waals surface area contributed by atoms with Crippen LogP contribution in [0.15, 0.2) is 48.5 Å². The molecule has 21 heavy (non-hydrogen) atoms. The Bertz CT molecular complexity index is 608. The van der Waals surface area contributed by atoms with Crippen molar-refractivity contribution in [2.24, 2.45) is 0 Å². The van der Waals surface area contributed by atoms with Crippen molar-refractivity contribution in [2.75, 3.05) is 11.9 Å². The largest absolute Gasteiger partial charge is 0.387 e. The predicted octanol–water partition coefficient (Wildman–Crippen LogP) is 3.16. The summed E-state index contributed by atoms with van der Waals surface area (Å²) in [6, 6.07) is 14.8. The first kappa shape index (κ1) is 15.1. The highest BCUT2D eigenvalue weighted by Crippen LogP contribution is 2.14. The molecule has 0 aromatic heterocycles. The number of aliphatic hydroxyl groups is 1. The van der Waals surface area contributed by atoms with E-state index in [1.165, 1.54) is 0 Å². The molecule has 3 N–H and O–H groups in total. The number of anilines is 1. The van der Waals surface area contributed by atoms with Crippen molar-refractivity contribution in [1.82, 2.24) is 5.32 Å². The summed E-state index contributed by atoms with van der Waals surface area (Å²) in [6.45, 7) is 4.08. The van der Waals surface area contributed by atoms with Crippen molar-refractivity contribution >= 4 is 11.7 Å². The van der Waals surface area contributed by atoms with Gasteiger partial charge in [-0.1, -0.05) is 48.0 Å². The number of aliphatic hydroxyl groups excluding tert-OH is 1. The van der Waals surface area contributed by atoms with Crippen LogP contribution in [-0.2, 0) is 0 Å². The van der Waals surface area contributed by atoms with E-state index in [1.807, 2.05) is 62.4 Å². The van der Waals surface area contributed by atoms with Gasteiger partial charge in [-0.3, -0.25) is 0 Å². The number of nitrogens with one attached hydrogen (secondary N) is 2. The minimum Gasteiger partial charge on any atom is -0.387 e. The third kappa shape index (κ3) is 4.33. The molecule has 4 nitrogen and oxygen atoms in total. The van der Waals surface area contributed by atoms with Crippen LogP contribution in [0.4, 0.5) is 10.5 Å². The average molecular weight is 284 g/mol. The highest BCUT2D eigenvalue weighted by molar-refractivity contribution is 5.90. The van der Waals surface area contributed by atoms with Gasteiger partial charge in [0.25, 0.3) is 0 Å². The summed E-state index contributed by atoms with van der Waals surface area (Å²) in [5.74, 6) is 0. The fraction of sp³-hybridized carbons (Fsp3) is 0.235. The molecule has 0 aliphatic heterocycles. The van der Waals surface area contributed by atoms with Crippen LogP contribution in [-0.4, -0.2) is 17.7 Å². The number of hydrogen-bond donors (Lipinski definition) is 3. The first-order chi connectivity index (χ1) is 10.1. The monoisotopic (exact) mass is 284 g/mol. The predicted molar refractivity (Wildman–Crippen MR) is 84.3 cm³/mol. The topological polar surface area (TPSA) is 61.4 Å². The van der Waals surface area contributed by atoms with Gasteiger partial charge in [0.15, 0.2) is 0 Å². The second kappa shape index (κ2) is 6.90. The molecule has 0 saturated carbocycles. The van der Waals surface area contributed by atoms with Crippen molar-refractivity contribution in [2.45, 2.75) is 20.0 Å². The molecule has 0 fully saturated rings. The zero-order valence-electron chi connectivity index (χ0n) is 12.3. The molecule has 0 heterocycles. The minimum absolute atomic E-state index is 0.167. The van der Waals surface area contributed by atoms with Gasteiger partial charge in [-0.15, -0.1) is 0 Å². The Kier molecular flexibility index (Phi) is 4.95. The summed E-state index contributed by atoms with van der Waals surface area (Å²) in [6.07, 6.45) is -0.715. The fourth-order valence-electron chi connectivity index (χ4n) is 1.98. The van der Waals surface area contributed by atoms with Gasteiger partial charge in [0.2, 0.25) is 0 Å². The molecule has 0 radical (unpaired) electrons. The number of para-hydroxylation sites is 1. The summed E-state index contributed by atoms with van der Waals surface area (Å²) in [7, 11) is 0. The zero-order valence-corrected chi connectivity index (χ0v) is 12.3. The number of amides is 2. The van der Waals surface area contributed by atoms with Gasteiger partial charge in [-0.25, -0.2) is 4.79 Å². The number of urea groups is 1. The van der Waals surface area contributed by atoms with Gasteiger partial charge < -0.3 is 15.7 Å². The van der Waals surface area contributed by atoms with Crippen molar-refractivity contribution in [3.05, 3.63) is 65.2 Å². The molecular formula is C17H20N2O2. The summed E-state index contributed by atoms with van der Waals surface area (Å²) >= 11 is 0. The molecule has 110 valence electrons. The van der Waals surface area contributed by atoms with Crippen LogP contribution in [0, 0.1) is 13.8 Å². The van der Waals surface area contributed by atoms with Crippen molar-refractivity contribution in [3.8, 4) is 0 Å². The van der Waals surface area contributed by atoms with E-state index in [0.717, 1.165) is 22.4 Å². The maximum Gasteiger partial charge on any atom is 0.319 e. The van der Waals surface area contributed by atoms with E-state index in [4.69, 9.17) is 0 Å². The molecule has 0 aliphatic carbocycles. The SMILES string of the molecule is Cc1ccc([C@@H](O)CNC(=O)Nc2ccccc2C)cc1. The fourth-order valence-corrected chi connectivity index (χ4v) is 1.98. The lowest BCUT2D eigenvalue weighted by Crippen LogP contribution is -2.32. The van der Waals surface area contributed by atoms with E-state index in [2.05, 4.69) is 10.6 Å². The Morgan fingerprint density at radius 3 is 2.43 bits per heavy atom. The lowest BCUT2D eigenvalue weighted by atomic mass is 10.1. The zero-order chi connectivity index (χ0) is 15.2. The first-order valence-electron chi connectivity index (χ1n) is 6.91. The molecule has 2 aromatic rings. The Morgan fingerprint density at radius 1 is 1.10 bits per heavy atom. The maximum atomic E-state index is 11.8. The number of carbonyl (C=O) groups excluding carboxylic acids is 1. The molecule has 0 spiro atoms. The van der Waals surface area contributed by atoms with Gasteiger partial charge in [0.1, 0.15) is 0 Å². The third-order valence-electron chi connectivity index (χ3n) is 3.31. The van der Waals surface area contributed by atoms with E-state index in [1.54, 1.807) is 0 Å². The first-order valence-corrected chi connectivity index (χ1v) is 6.91. The number of carbonyl (C=O) groups is 1. The van der Waals surface area contributed by atoms with E-state index in [9.17, 15) is 9.90 Å². The van der Waals surface area contributed by atoms with Crippen molar-refractivity contribution in [3.63, 3.8) is 0 Å². The van der Waals surface area contributed by atoms with E-state index >= 15 is 0 Å². The highest BCUT2D eigenvalue weighted by atomic mass is 16.3. The number of benzene rings is 2. The molecule has 0 bridgehead atoms. The average Bonchev–Trinajstić information content (AvgIpc) is 2.48. The summed E-state index contributed by atoms with van der Waals surface area (Å²) in [4.78, 5) is 11.8. The molecule has 1 atom stereocenters. The molecule has 0 aliphatic rings. The molecule has 2 amide bonds. The van der Waals surface area contributed by atoms with Gasteiger partial charge in [0, 0.05) is 12.2 Å². The number of rotatable bonds is 4. The van der Waals surface area contributed by atoms with E-state index in [-0.39, 0.29) is 12.6 Å². The highest BCUT2D eigenvalue weighted by Gasteiger charge is 2.09. The Hall–Kier alpha value is -2.33. The van der Waals surface area contributed by atoms with Crippen LogP contribution in [0.3, 0.4) is 0 Å². The lowest BCUT2D eigenvalue weighted by molar-refractivity contribution is 0.175. The lowest BCUT2D eigenvalue weighted by Gasteiger charge is -2.14. The quantitative estimate of drug-likeness (QED) is 0.807. The molecule has 0 saturated heterocycles. The standard InChI is InChI=1S/C17H20N2O2/c1-12-7-9-14(10-8-12)16(20)11-18-17(21)19-15-6-4-3-5-13(15)2/h3-10,16,20H,11H2,1-2H3,(H2,18,19,21)/t16-/m0/s1. The van der Waals surface area contributed by atoms with Crippen LogP contribution in [0.25, 0.3) is 0 Å². The molecule has 4 heteroatoms. The second-order valence-electron chi connectivity index (χ2n) is 5.08. The number of aryl methyl sites for hydroxylation is 2. The molecular weight excluding hydrogens is 264 g/mol. The van der Waals surface area contributed by atoms with Gasteiger partial charge >= 0.3 is 6.03 Å². The van der Waals surface area contributed by atoms with Gasteiger partial charge in [0.05, 0.1) is 6.10 Å². The normalized spacial score (nSPS) is 11.8. The summed E-state index contributed by atoms with van der Waals surface area (Å²) in [5, 5.41) is 15.5. The van der Waals surface area contributed by atoms with E-state index < -0.39 is 6.10 Å². The Morgan fingerprint density at radius 2 is 1.76 bits per heavy atom. The molecule has 2 aromatic carbocycles. The van der Waals surface area contributed by atoms with Crippen LogP contribution >= 0.6 is 0 Å². The van der Waals surface area contributed by atoms with Crippen LogP contribution in [0.5, 0.6) is 0 Å².